The van der Waals surface area contributed by atoms with Crippen molar-refractivity contribution in [1.82, 2.24) is 19.7 Å². The van der Waals surface area contributed by atoms with E-state index >= 15 is 0 Å². The number of nitrogens with one attached hydrogen (secondary N) is 1. The third-order valence-corrected chi connectivity index (χ3v) is 4.11. The molecular weight excluding hydrogens is 406 g/mol. The number of hydrogen-bond donors (Lipinski definition) is 2. The molecule has 0 spiro atoms. The number of carbonyl (C=O) groups is 2. The summed E-state index contributed by atoms with van der Waals surface area (Å²) in [5, 5.41) is 17.1. The van der Waals surface area contributed by atoms with Gasteiger partial charge in [0.2, 0.25) is 11.8 Å². The molecule has 11 nitrogen and oxygen atoms in total. The molecule has 3 rings (SSSR count). The summed E-state index contributed by atoms with van der Waals surface area (Å²) in [6, 6.07) is 4.87. The second kappa shape index (κ2) is 8.46. The largest absolute Gasteiger partial charge is 0.496 e. The van der Waals surface area contributed by atoms with Gasteiger partial charge in [0.05, 0.1) is 32.5 Å². The predicted octanol–water partition coefficient (Wildman–Crippen LogP) is 2.72. The smallest absolute Gasteiger partial charge is 0.414 e. The van der Waals surface area contributed by atoms with E-state index in [1.165, 1.54) is 25.1 Å². The minimum absolute atomic E-state index is 0.112. The van der Waals surface area contributed by atoms with Crippen LogP contribution in [-0.4, -0.2) is 56.7 Å². The summed E-state index contributed by atoms with van der Waals surface area (Å²) >= 11 is 0. The lowest BCUT2D eigenvalue weighted by molar-refractivity contribution is 0.0597. The van der Waals surface area contributed by atoms with Gasteiger partial charge in [-0.1, -0.05) is 6.07 Å². The van der Waals surface area contributed by atoms with Crippen molar-refractivity contribution in [3.8, 4) is 11.6 Å². The zero-order valence-electron chi connectivity index (χ0n) is 17.8. The summed E-state index contributed by atoms with van der Waals surface area (Å²) in [7, 11) is 2.78. The summed E-state index contributed by atoms with van der Waals surface area (Å²) in [5.74, 6) is -0.502. The average molecular weight is 429 g/mol. The first-order valence-electron chi connectivity index (χ1n) is 9.29. The summed E-state index contributed by atoms with van der Waals surface area (Å²) < 4.78 is 16.7. The van der Waals surface area contributed by atoms with Gasteiger partial charge in [0.25, 0.3) is 0 Å². The molecule has 0 radical (unpaired) electrons. The van der Waals surface area contributed by atoms with Crippen molar-refractivity contribution in [3.05, 3.63) is 35.5 Å². The van der Waals surface area contributed by atoms with Crippen LogP contribution < -0.4 is 10.1 Å². The molecule has 0 saturated heterocycles. The van der Waals surface area contributed by atoms with E-state index < -0.39 is 17.7 Å². The Morgan fingerprint density at radius 3 is 2.58 bits per heavy atom. The van der Waals surface area contributed by atoms with Gasteiger partial charge in [-0.15, -0.1) is 0 Å². The van der Waals surface area contributed by atoms with E-state index in [1.807, 2.05) is 0 Å². The fraction of sp³-hybridized carbons (Fsp3) is 0.350. The molecule has 31 heavy (non-hydrogen) atoms. The van der Waals surface area contributed by atoms with Crippen LogP contribution in [0.5, 0.6) is 11.6 Å². The maximum Gasteiger partial charge on any atom is 0.414 e. The van der Waals surface area contributed by atoms with E-state index in [0.29, 0.717) is 22.4 Å². The summed E-state index contributed by atoms with van der Waals surface area (Å²) in [6.07, 6.45) is 0.695. The Morgan fingerprint density at radius 1 is 1.19 bits per heavy atom. The number of ether oxygens (including phenoxy) is 3. The van der Waals surface area contributed by atoms with Crippen LogP contribution >= 0.6 is 0 Å². The van der Waals surface area contributed by atoms with Gasteiger partial charge in [0.1, 0.15) is 22.4 Å². The van der Waals surface area contributed by atoms with Gasteiger partial charge in [-0.05, 0) is 32.9 Å². The lowest BCUT2D eigenvalue weighted by atomic mass is 10.1. The predicted molar refractivity (Wildman–Crippen MR) is 110 cm³/mol. The molecule has 2 N–H and O–H groups in total. The first kappa shape index (κ1) is 21.8. The monoisotopic (exact) mass is 429 g/mol. The number of benzene rings is 1. The van der Waals surface area contributed by atoms with Crippen molar-refractivity contribution >= 4 is 29.0 Å². The Hall–Kier alpha value is -3.89. The lowest BCUT2D eigenvalue weighted by Gasteiger charge is -2.19. The third kappa shape index (κ3) is 5.00. The Kier molecular flexibility index (Phi) is 5.95. The van der Waals surface area contributed by atoms with Crippen LogP contribution in [0.1, 0.15) is 36.7 Å². The van der Waals surface area contributed by atoms with Crippen molar-refractivity contribution in [2.75, 3.05) is 19.5 Å². The zero-order valence-corrected chi connectivity index (χ0v) is 17.8. The highest BCUT2D eigenvalue weighted by Crippen LogP contribution is 2.27. The molecule has 0 saturated carbocycles. The average Bonchev–Trinajstić information content (AvgIpc) is 3.09. The van der Waals surface area contributed by atoms with Gasteiger partial charge in [-0.2, -0.15) is 10.1 Å². The number of nitrogens with zero attached hydrogens (tertiary/aromatic N) is 4. The second-order valence-electron chi connectivity index (χ2n) is 7.55. The highest BCUT2D eigenvalue weighted by atomic mass is 16.6. The number of aromatic hydroxyl groups is 1. The Balaban J connectivity index is 1.88. The molecule has 164 valence electrons. The lowest BCUT2D eigenvalue weighted by Crippen LogP contribution is -2.27. The fourth-order valence-corrected chi connectivity index (χ4v) is 2.83. The number of aromatic nitrogens is 4. The summed E-state index contributed by atoms with van der Waals surface area (Å²) in [6.45, 7) is 5.39. The van der Waals surface area contributed by atoms with Crippen molar-refractivity contribution in [1.29, 1.82) is 0 Å². The first-order chi connectivity index (χ1) is 14.6. The maximum absolute atomic E-state index is 11.9. The molecule has 0 unspecified atom stereocenters. The molecule has 0 fully saturated rings. The number of anilines is 1. The van der Waals surface area contributed by atoms with Gasteiger partial charge < -0.3 is 19.3 Å². The standard InChI is InChI=1S/C20H23N5O6/c1-20(2,3)31-19(28)24-18-22-13-9-21-25(15(13)16(26)23-18)10-12-7-6-11(17(27)30-5)8-14(12)29-4/h6-9H,10H2,1-5H3,(H2,22,23,24,26,28). The van der Waals surface area contributed by atoms with Gasteiger partial charge in [0.15, 0.2) is 0 Å². The summed E-state index contributed by atoms with van der Waals surface area (Å²) in [5.41, 5.74) is 0.953. The van der Waals surface area contributed by atoms with E-state index in [2.05, 4.69) is 20.4 Å². The van der Waals surface area contributed by atoms with Gasteiger partial charge in [0, 0.05) is 5.56 Å². The number of rotatable bonds is 5. The zero-order chi connectivity index (χ0) is 22.8. The van der Waals surface area contributed by atoms with Crippen LogP contribution in [-0.2, 0) is 16.0 Å². The number of esters is 1. The fourth-order valence-electron chi connectivity index (χ4n) is 2.83. The van der Waals surface area contributed by atoms with Crippen molar-refractivity contribution < 1.29 is 28.9 Å². The second-order valence-corrected chi connectivity index (χ2v) is 7.55. The minimum atomic E-state index is -0.742. The van der Waals surface area contributed by atoms with Crippen molar-refractivity contribution in [2.24, 2.45) is 0 Å². The molecular formula is C20H23N5O6. The van der Waals surface area contributed by atoms with Crippen molar-refractivity contribution in [2.45, 2.75) is 32.9 Å². The highest BCUT2D eigenvalue weighted by molar-refractivity contribution is 5.90. The SMILES string of the molecule is COC(=O)c1ccc(Cn2ncc3nc(NC(=O)OC(C)(C)C)nc(O)c32)c(OC)c1. The maximum atomic E-state index is 11.9. The molecule has 0 aliphatic rings. The summed E-state index contributed by atoms with van der Waals surface area (Å²) in [4.78, 5) is 31.8. The number of methoxy groups -OCH3 is 2. The number of amides is 1. The van der Waals surface area contributed by atoms with Crippen LogP contribution in [0.2, 0.25) is 0 Å². The third-order valence-electron chi connectivity index (χ3n) is 4.11. The number of hydrogen-bond acceptors (Lipinski definition) is 9. The van der Waals surface area contributed by atoms with E-state index in [1.54, 1.807) is 39.0 Å². The normalized spacial score (nSPS) is 11.3. The quantitative estimate of drug-likeness (QED) is 0.586. The molecule has 0 aliphatic carbocycles. The van der Waals surface area contributed by atoms with Crippen LogP contribution in [0, 0.1) is 0 Å². The van der Waals surface area contributed by atoms with Gasteiger partial charge >= 0.3 is 12.1 Å². The van der Waals surface area contributed by atoms with Crippen LogP contribution in [0.25, 0.3) is 11.0 Å². The molecule has 0 bridgehead atoms. The molecule has 3 aromatic rings. The highest BCUT2D eigenvalue weighted by Gasteiger charge is 2.20. The molecule has 0 atom stereocenters. The van der Waals surface area contributed by atoms with E-state index in [9.17, 15) is 14.7 Å². The molecule has 11 heteroatoms. The minimum Gasteiger partial charge on any atom is -0.496 e. The Bertz CT molecular complexity index is 1140. The first-order valence-corrected chi connectivity index (χ1v) is 9.29. The Labute approximate surface area is 178 Å². The number of carbonyl (C=O) groups excluding carboxylic acids is 2. The number of fused-ring (bicyclic) bond motifs is 1. The van der Waals surface area contributed by atoms with Gasteiger partial charge in [-0.3, -0.25) is 10.00 Å². The van der Waals surface area contributed by atoms with Crippen LogP contribution in [0.3, 0.4) is 0 Å². The molecule has 2 aromatic heterocycles. The molecule has 1 aromatic carbocycles. The van der Waals surface area contributed by atoms with Crippen LogP contribution in [0.4, 0.5) is 10.7 Å². The van der Waals surface area contributed by atoms with Gasteiger partial charge in [-0.25, -0.2) is 14.6 Å². The van der Waals surface area contributed by atoms with E-state index in [-0.39, 0.29) is 23.9 Å². The Morgan fingerprint density at radius 2 is 1.94 bits per heavy atom. The topological polar surface area (TPSA) is 138 Å². The van der Waals surface area contributed by atoms with E-state index in [4.69, 9.17) is 14.2 Å². The molecule has 1 amide bonds. The van der Waals surface area contributed by atoms with Crippen LogP contribution in [0.15, 0.2) is 24.4 Å². The van der Waals surface area contributed by atoms with E-state index in [0.717, 1.165) is 0 Å². The van der Waals surface area contributed by atoms with Crippen molar-refractivity contribution in [3.63, 3.8) is 0 Å². The molecule has 2 heterocycles. The molecule has 0 aliphatic heterocycles.